The second-order valence-electron chi connectivity index (χ2n) is 6.30. The molecule has 0 radical (unpaired) electrons. The van der Waals surface area contributed by atoms with E-state index in [0.717, 1.165) is 16.8 Å². The lowest BCUT2D eigenvalue weighted by molar-refractivity contribution is 0.0946. The first-order valence-corrected chi connectivity index (χ1v) is 8.53. The van der Waals surface area contributed by atoms with Gasteiger partial charge in [-0.25, -0.2) is 9.97 Å². The van der Waals surface area contributed by atoms with E-state index in [4.69, 9.17) is 0 Å². The Labute approximate surface area is 153 Å². The zero-order valence-corrected chi connectivity index (χ0v) is 15.2. The van der Waals surface area contributed by atoms with E-state index in [9.17, 15) is 4.79 Å². The number of amides is 1. The fraction of sp³-hybridized carbons (Fsp3) is 0.190. The van der Waals surface area contributed by atoms with Crippen LogP contribution in [-0.2, 0) is 6.54 Å². The molecule has 0 fully saturated rings. The molecule has 1 amide bonds. The maximum atomic E-state index is 12.4. The highest BCUT2D eigenvalue weighted by Crippen LogP contribution is 2.17. The molecule has 0 unspecified atom stereocenters. The lowest BCUT2D eigenvalue weighted by Crippen LogP contribution is -2.24. The third kappa shape index (κ3) is 4.25. The van der Waals surface area contributed by atoms with E-state index in [0.29, 0.717) is 18.2 Å². The predicted molar refractivity (Wildman–Crippen MR) is 104 cm³/mol. The summed E-state index contributed by atoms with van der Waals surface area (Å²) < 4.78 is 0. The van der Waals surface area contributed by atoms with Crippen LogP contribution < -0.4 is 10.6 Å². The van der Waals surface area contributed by atoms with Crippen molar-refractivity contribution in [2.45, 2.75) is 27.3 Å². The van der Waals surface area contributed by atoms with Crippen molar-refractivity contribution in [3.8, 4) is 0 Å². The molecule has 0 bridgehead atoms. The van der Waals surface area contributed by atoms with E-state index in [2.05, 4.69) is 34.4 Å². The van der Waals surface area contributed by atoms with Crippen molar-refractivity contribution in [2.75, 3.05) is 5.32 Å². The lowest BCUT2D eigenvalue weighted by atomic mass is 10.1. The number of carbonyl (C=O) groups is 1. The van der Waals surface area contributed by atoms with Gasteiger partial charge in [0.15, 0.2) is 0 Å². The first-order chi connectivity index (χ1) is 12.5. The minimum absolute atomic E-state index is 0.223. The van der Waals surface area contributed by atoms with Gasteiger partial charge in [-0.2, -0.15) is 0 Å². The van der Waals surface area contributed by atoms with Gasteiger partial charge in [-0.1, -0.05) is 30.3 Å². The zero-order chi connectivity index (χ0) is 18.5. The van der Waals surface area contributed by atoms with Crippen LogP contribution in [0.1, 0.15) is 32.7 Å². The van der Waals surface area contributed by atoms with E-state index in [1.807, 2.05) is 49.4 Å². The standard InChI is InChI=1S/C21H22N4O/c1-14-8-9-18(12-16(14)3)24-21-22-11-10-19(25-21)20(26)23-13-17-7-5-4-6-15(17)2/h4-12H,13H2,1-3H3,(H,23,26)(H,22,24,25). The minimum atomic E-state index is -0.223. The molecule has 5 heteroatoms. The molecular weight excluding hydrogens is 324 g/mol. The van der Waals surface area contributed by atoms with Crippen molar-refractivity contribution in [3.63, 3.8) is 0 Å². The molecule has 5 nitrogen and oxygen atoms in total. The average Bonchev–Trinajstić information content (AvgIpc) is 2.64. The molecule has 0 aliphatic rings. The molecule has 2 aromatic carbocycles. The van der Waals surface area contributed by atoms with Gasteiger partial charge in [0.05, 0.1) is 0 Å². The van der Waals surface area contributed by atoms with Crippen LogP contribution >= 0.6 is 0 Å². The Bertz CT molecular complexity index is 937. The summed E-state index contributed by atoms with van der Waals surface area (Å²) >= 11 is 0. The van der Waals surface area contributed by atoms with Crippen LogP contribution in [0.2, 0.25) is 0 Å². The number of aromatic nitrogens is 2. The molecule has 0 aliphatic carbocycles. The summed E-state index contributed by atoms with van der Waals surface area (Å²) in [7, 11) is 0. The van der Waals surface area contributed by atoms with Crippen LogP contribution in [0.4, 0.5) is 11.6 Å². The molecule has 0 spiro atoms. The maximum Gasteiger partial charge on any atom is 0.270 e. The zero-order valence-electron chi connectivity index (χ0n) is 15.2. The van der Waals surface area contributed by atoms with Gasteiger partial charge in [0.1, 0.15) is 5.69 Å². The van der Waals surface area contributed by atoms with Crippen molar-refractivity contribution >= 4 is 17.5 Å². The van der Waals surface area contributed by atoms with Gasteiger partial charge in [0, 0.05) is 18.4 Å². The Hall–Kier alpha value is -3.21. The first-order valence-electron chi connectivity index (χ1n) is 8.53. The minimum Gasteiger partial charge on any atom is -0.347 e. The third-order valence-corrected chi connectivity index (χ3v) is 4.35. The third-order valence-electron chi connectivity index (χ3n) is 4.35. The summed E-state index contributed by atoms with van der Waals surface area (Å²) in [4.78, 5) is 20.9. The van der Waals surface area contributed by atoms with Gasteiger partial charge in [-0.3, -0.25) is 4.79 Å². The number of benzene rings is 2. The highest BCUT2D eigenvalue weighted by atomic mass is 16.1. The number of nitrogens with one attached hydrogen (secondary N) is 2. The Balaban J connectivity index is 1.69. The van der Waals surface area contributed by atoms with Gasteiger partial charge in [0.25, 0.3) is 5.91 Å². The topological polar surface area (TPSA) is 66.9 Å². The quantitative estimate of drug-likeness (QED) is 0.731. The summed E-state index contributed by atoms with van der Waals surface area (Å²) in [6, 6.07) is 15.6. The van der Waals surface area contributed by atoms with E-state index in [1.54, 1.807) is 12.3 Å². The fourth-order valence-electron chi connectivity index (χ4n) is 2.57. The maximum absolute atomic E-state index is 12.4. The van der Waals surface area contributed by atoms with E-state index >= 15 is 0 Å². The van der Waals surface area contributed by atoms with Gasteiger partial charge >= 0.3 is 0 Å². The van der Waals surface area contributed by atoms with Crippen LogP contribution in [0, 0.1) is 20.8 Å². The smallest absolute Gasteiger partial charge is 0.270 e. The van der Waals surface area contributed by atoms with Crippen LogP contribution in [0.25, 0.3) is 0 Å². The van der Waals surface area contributed by atoms with Gasteiger partial charge in [-0.15, -0.1) is 0 Å². The van der Waals surface area contributed by atoms with E-state index < -0.39 is 0 Å². The molecule has 1 heterocycles. The predicted octanol–water partition coefficient (Wildman–Crippen LogP) is 4.08. The molecule has 132 valence electrons. The molecule has 1 aromatic heterocycles. The van der Waals surface area contributed by atoms with Crippen LogP contribution in [0.3, 0.4) is 0 Å². The molecule has 0 saturated heterocycles. The Morgan fingerprint density at radius 2 is 1.77 bits per heavy atom. The number of anilines is 2. The van der Waals surface area contributed by atoms with Crippen molar-refractivity contribution in [3.05, 3.63) is 82.7 Å². The monoisotopic (exact) mass is 346 g/mol. The van der Waals surface area contributed by atoms with E-state index in [-0.39, 0.29) is 5.91 Å². The van der Waals surface area contributed by atoms with E-state index in [1.165, 1.54) is 11.1 Å². The number of rotatable bonds is 5. The highest BCUT2D eigenvalue weighted by molar-refractivity contribution is 5.92. The molecule has 2 N–H and O–H groups in total. The summed E-state index contributed by atoms with van der Waals surface area (Å²) in [6.07, 6.45) is 1.58. The molecule has 3 aromatic rings. The van der Waals surface area contributed by atoms with Crippen molar-refractivity contribution in [2.24, 2.45) is 0 Å². The van der Waals surface area contributed by atoms with Crippen LogP contribution in [0.15, 0.2) is 54.7 Å². The summed E-state index contributed by atoms with van der Waals surface area (Å²) in [5.41, 5.74) is 5.87. The molecular formula is C21H22N4O. The molecule has 0 aliphatic heterocycles. The first kappa shape index (κ1) is 17.6. The normalized spacial score (nSPS) is 10.4. The van der Waals surface area contributed by atoms with Crippen molar-refractivity contribution < 1.29 is 4.79 Å². The molecule has 0 atom stereocenters. The van der Waals surface area contributed by atoms with Crippen molar-refractivity contribution in [1.82, 2.24) is 15.3 Å². The van der Waals surface area contributed by atoms with Gasteiger partial charge in [-0.05, 0) is 61.2 Å². The number of nitrogens with zero attached hydrogens (tertiary/aromatic N) is 2. The lowest BCUT2D eigenvalue weighted by Gasteiger charge is -2.10. The average molecular weight is 346 g/mol. The Morgan fingerprint density at radius 3 is 2.54 bits per heavy atom. The number of hydrogen-bond acceptors (Lipinski definition) is 4. The second-order valence-corrected chi connectivity index (χ2v) is 6.30. The second kappa shape index (κ2) is 7.78. The largest absolute Gasteiger partial charge is 0.347 e. The summed E-state index contributed by atoms with van der Waals surface area (Å²) in [6.45, 7) is 6.61. The Kier molecular flexibility index (Phi) is 5.27. The molecule has 3 rings (SSSR count). The van der Waals surface area contributed by atoms with Crippen LogP contribution in [-0.4, -0.2) is 15.9 Å². The fourth-order valence-corrected chi connectivity index (χ4v) is 2.57. The summed E-state index contributed by atoms with van der Waals surface area (Å²) in [5.74, 6) is 0.176. The van der Waals surface area contributed by atoms with Crippen LogP contribution in [0.5, 0.6) is 0 Å². The van der Waals surface area contributed by atoms with Gasteiger partial charge < -0.3 is 10.6 Å². The molecule has 0 saturated carbocycles. The number of hydrogen-bond donors (Lipinski definition) is 2. The number of aryl methyl sites for hydroxylation is 3. The van der Waals surface area contributed by atoms with Crippen molar-refractivity contribution in [1.29, 1.82) is 0 Å². The molecule has 26 heavy (non-hydrogen) atoms. The SMILES string of the molecule is Cc1ccc(Nc2nccc(C(=O)NCc3ccccc3C)n2)cc1C. The number of carbonyl (C=O) groups excluding carboxylic acids is 1. The highest BCUT2D eigenvalue weighted by Gasteiger charge is 2.09. The summed E-state index contributed by atoms with van der Waals surface area (Å²) in [5, 5.41) is 6.05. The Morgan fingerprint density at radius 1 is 0.962 bits per heavy atom. The van der Waals surface area contributed by atoms with Gasteiger partial charge in [0.2, 0.25) is 5.95 Å².